The first-order chi connectivity index (χ1) is 6.15. The summed E-state index contributed by atoms with van der Waals surface area (Å²) in [5.74, 6) is -0.328. The summed E-state index contributed by atoms with van der Waals surface area (Å²) >= 11 is 1.34. The lowest BCUT2D eigenvalue weighted by molar-refractivity contribution is 0.0604. The maximum atomic E-state index is 11.2. The van der Waals surface area contributed by atoms with Crippen molar-refractivity contribution in [2.75, 3.05) is 7.11 Å². The van der Waals surface area contributed by atoms with E-state index in [9.17, 15) is 4.79 Å². The molecule has 0 unspecified atom stereocenters. The predicted molar refractivity (Wildman–Crippen MR) is 51.0 cm³/mol. The highest BCUT2D eigenvalue weighted by Crippen LogP contribution is 2.19. The van der Waals surface area contributed by atoms with Crippen molar-refractivity contribution >= 4 is 17.3 Å². The van der Waals surface area contributed by atoms with Gasteiger partial charge in [0.05, 0.1) is 13.2 Å². The number of thiophene rings is 1. The second-order valence-corrected chi connectivity index (χ2v) is 3.74. The fraction of sp³-hybridized carbons (Fsp3) is 0.444. The van der Waals surface area contributed by atoms with E-state index in [1.54, 1.807) is 6.92 Å². The predicted octanol–water partition coefficient (Wildman–Crippen LogP) is 1.46. The van der Waals surface area contributed by atoms with E-state index in [1.807, 2.05) is 11.4 Å². The number of hydrogen-bond donors (Lipinski definition) is 1. The molecular weight excluding hydrogens is 188 g/mol. The third kappa shape index (κ3) is 2.54. The number of methoxy groups -OCH3 is 1. The molecule has 1 heterocycles. The molecule has 0 aliphatic carbocycles. The third-order valence-electron chi connectivity index (χ3n) is 1.63. The van der Waals surface area contributed by atoms with Crippen molar-refractivity contribution in [3.8, 4) is 0 Å². The third-order valence-corrected chi connectivity index (χ3v) is 2.57. The molecule has 13 heavy (non-hydrogen) atoms. The lowest BCUT2D eigenvalue weighted by Gasteiger charge is -2.03. The molecule has 0 saturated heterocycles. The van der Waals surface area contributed by atoms with Gasteiger partial charge in [-0.2, -0.15) is 0 Å². The van der Waals surface area contributed by atoms with E-state index in [2.05, 4.69) is 4.74 Å². The van der Waals surface area contributed by atoms with Crippen molar-refractivity contribution in [3.05, 3.63) is 21.9 Å². The minimum absolute atomic E-state index is 0.328. The van der Waals surface area contributed by atoms with Crippen LogP contribution in [0.15, 0.2) is 11.4 Å². The first kappa shape index (κ1) is 10.2. The molecule has 1 atom stereocenters. The molecule has 1 N–H and O–H groups in total. The van der Waals surface area contributed by atoms with Crippen LogP contribution < -0.4 is 0 Å². The molecule has 0 bridgehead atoms. The zero-order valence-corrected chi connectivity index (χ0v) is 8.43. The number of carbonyl (C=O) groups excluding carboxylic acids is 1. The summed E-state index contributed by atoms with van der Waals surface area (Å²) in [5.41, 5.74) is 0.854. The van der Waals surface area contributed by atoms with Crippen LogP contribution in [0.4, 0.5) is 0 Å². The molecule has 0 saturated carbocycles. The Morgan fingerprint density at radius 1 is 1.77 bits per heavy atom. The van der Waals surface area contributed by atoms with Gasteiger partial charge in [0.25, 0.3) is 0 Å². The van der Waals surface area contributed by atoms with Crippen molar-refractivity contribution in [2.24, 2.45) is 0 Å². The average molecular weight is 200 g/mol. The summed E-state index contributed by atoms with van der Waals surface area (Å²) in [7, 11) is 1.36. The van der Waals surface area contributed by atoms with E-state index in [0.717, 1.165) is 5.56 Å². The molecule has 0 spiro atoms. The van der Waals surface area contributed by atoms with Gasteiger partial charge in [-0.1, -0.05) is 0 Å². The van der Waals surface area contributed by atoms with E-state index in [0.29, 0.717) is 11.3 Å². The van der Waals surface area contributed by atoms with Crippen LogP contribution in [-0.4, -0.2) is 24.3 Å². The number of carbonyl (C=O) groups is 1. The SMILES string of the molecule is COC(=O)c1sccc1C[C@@H](C)O. The number of aliphatic hydroxyl groups is 1. The second-order valence-electron chi connectivity index (χ2n) is 2.82. The molecule has 1 aromatic rings. The van der Waals surface area contributed by atoms with Gasteiger partial charge < -0.3 is 9.84 Å². The van der Waals surface area contributed by atoms with Crippen molar-refractivity contribution in [3.63, 3.8) is 0 Å². The number of hydrogen-bond acceptors (Lipinski definition) is 4. The Hall–Kier alpha value is -0.870. The molecule has 0 radical (unpaired) electrons. The van der Waals surface area contributed by atoms with Gasteiger partial charge in [-0.05, 0) is 30.4 Å². The molecule has 1 rings (SSSR count). The van der Waals surface area contributed by atoms with Crippen LogP contribution in [0, 0.1) is 0 Å². The molecular formula is C9H12O3S. The van der Waals surface area contributed by atoms with E-state index in [4.69, 9.17) is 5.11 Å². The Kier molecular flexibility index (Phi) is 3.45. The molecule has 0 aliphatic rings. The Balaban J connectivity index is 2.83. The van der Waals surface area contributed by atoms with E-state index >= 15 is 0 Å². The standard InChI is InChI=1S/C9H12O3S/c1-6(10)5-7-3-4-13-8(7)9(11)12-2/h3-4,6,10H,5H2,1-2H3/t6-/m1/s1. The van der Waals surface area contributed by atoms with Gasteiger partial charge in [0.2, 0.25) is 0 Å². The van der Waals surface area contributed by atoms with Gasteiger partial charge in [-0.3, -0.25) is 0 Å². The fourth-order valence-corrected chi connectivity index (χ4v) is 1.94. The quantitative estimate of drug-likeness (QED) is 0.751. The molecule has 4 heteroatoms. The average Bonchev–Trinajstić information content (AvgIpc) is 2.50. The van der Waals surface area contributed by atoms with Gasteiger partial charge in [-0.25, -0.2) is 4.79 Å². The summed E-state index contributed by atoms with van der Waals surface area (Å²) in [6.07, 6.45) is 0.0616. The largest absolute Gasteiger partial charge is 0.465 e. The van der Waals surface area contributed by atoms with Gasteiger partial charge in [0.15, 0.2) is 0 Å². The normalized spacial score (nSPS) is 12.5. The zero-order valence-electron chi connectivity index (χ0n) is 7.61. The van der Waals surface area contributed by atoms with Crippen LogP contribution in [0.2, 0.25) is 0 Å². The number of esters is 1. The number of ether oxygens (including phenoxy) is 1. The van der Waals surface area contributed by atoms with Gasteiger partial charge in [0.1, 0.15) is 4.88 Å². The number of aliphatic hydroxyl groups excluding tert-OH is 1. The summed E-state index contributed by atoms with van der Waals surface area (Å²) in [5, 5.41) is 11.0. The van der Waals surface area contributed by atoms with Gasteiger partial charge >= 0.3 is 5.97 Å². The highest BCUT2D eigenvalue weighted by molar-refractivity contribution is 7.12. The summed E-state index contributed by atoms with van der Waals surface area (Å²) < 4.78 is 4.61. The maximum Gasteiger partial charge on any atom is 0.348 e. The Labute approximate surface area is 81.0 Å². The van der Waals surface area contributed by atoms with Gasteiger partial charge in [0, 0.05) is 0 Å². The smallest absolute Gasteiger partial charge is 0.348 e. The van der Waals surface area contributed by atoms with Crippen molar-refractivity contribution in [2.45, 2.75) is 19.4 Å². The van der Waals surface area contributed by atoms with Crippen LogP contribution in [-0.2, 0) is 11.2 Å². The van der Waals surface area contributed by atoms with Crippen molar-refractivity contribution in [1.82, 2.24) is 0 Å². The molecule has 72 valence electrons. The molecule has 0 aliphatic heterocycles. The van der Waals surface area contributed by atoms with Gasteiger partial charge in [-0.15, -0.1) is 11.3 Å². The molecule has 1 aromatic heterocycles. The summed E-state index contributed by atoms with van der Waals surface area (Å²) in [4.78, 5) is 11.8. The van der Waals surface area contributed by atoms with Crippen molar-refractivity contribution in [1.29, 1.82) is 0 Å². The monoisotopic (exact) mass is 200 g/mol. The Morgan fingerprint density at radius 2 is 2.46 bits per heavy atom. The molecule has 0 fully saturated rings. The lowest BCUT2D eigenvalue weighted by Crippen LogP contribution is -2.08. The number of rotatable bonds is 3. The molecule has 0 aromatic carbocycles. The van der Waals surface area contributed by atoms with Crippen LogP contribution in [0.3, 0.4) is 0 Å². The van der Waals surface area contributed by atoms with E-state index < -0.39 is 6.10 Å². The Bertz CT molecular complexity index is 291. The van der Waals surface area contributed by atoms with E-state index in [-0.39, 0.29) is 5.97 Å². The van der Waals surface area contributed by atoms with Crippen molar-refractivity contribution < 1.29 is 14.6 Å². The Morgan fingerprint density at radius 3 is 3.00 bits per heavy atom. The zero-order chi connectivity index (χ0) is 9.84. The summed E-state index contributed by atoms with van der Waals surface area (Å²) in [6, 6.07) is 1.84. The molecule has 3 nitrogen and oxygen atoms in total. The topological polar surface area (TPSA) is 46.5 Å². The first-order valence-electron chi connectivity index (χ1n) is 3.98. The van der Waals surface area contributed by atoms with Crippen LogP contribution in [0.1, 0.15) is 22.2 Å². The summed E-state index contributed by atoms with van der Waals surface area (Å²) in [6.45, 7) is 1.69. The van der Waals surface area contributed by atoms with Crippen LogP contribution in [0.25, 0.3) is 0 Å². The van der Waals surface area contributed by atoms with Crippen LogP contribution >= 0.6 is 11.3 Å². The lowest BCUT2D eigenvalue weighted by atomic mass is 10.1. The molecule has 0 amide bonds. The second kappa shape index (κ2) is 4.39. The highest BCUT2D eigenvalue weighted by Gasteiger charge is 2.14. The fourth-order valence-electron chi connectivity index (χ4n) is 1.09. The minimum atomic E-state index is -0.432. The van der Waals surface area contributed by atoms with E-state index in [1.165, 1.54) is 18.4 Å². The van der Waals surface area contributed by atoms with Crippen LogP contribution in [0.5, 0.6) is 0 Å². The maximum absolute atomic E-state index is 11.2. The first-order valence-corrected chi connectivity index (χ1v) is 4.86. The highest BCUT2D eigenvalue weighted by atomic mass is 32.1. The minimum Gasteiger partial charge on any atom is -0.465 e.